The zero-order valence-corrected chi connectivity index (χ0v) is 15.4. The number of hydrogen-bond donors (Lipinski definition) is 2. The molecule has 0 aromatic heterocycles. The largest absolute Gasteiger partial charge is 0.332 e. The Morgan fingerprint density at radius 2 is 1.46 bits per heavy atom. The van der Waals surface area contributed by atoms with E-state index in [2.05, 4.69) is 63.0 Å². The molecule has 3 rings (SSSR count). The number of anilines is 2. The van der Waals surface area contributed by atoms with Crippen LogP contribution in [0.3, 0.4) is 0 Å². The Morgan fingerprint density at radius 1 is 0.792 bits per heavy atom. The molecule has 0 saturated carbocycles. The lowest BCUT2D eigenvalue weighted by molar-refractivity contribution is 1.19. The van der Waals surface area contributed by atoms with Gasteiger partial charge in [0.25, 0.3) is 0 Å². The smallest absolute Gasteiger partial charge is 0.175 e. The average Bonchev–Trinajstić information content (AvgIpc) is 2.60. The van der Waals surface area contributed by atoms with E-state index in [1.807, 2.05) is 42.5 Å². The quantitative estimate of drug-likeness (QED) is 0.540. The fraction of sp³-hybridized carbons (Fsp3) is 0.0500. The van der Waals surface area contributed by atoms with Crippen LogP contribution in [-0.4, -0.2) is 5.11 Å². The van der Waals surface area contributed by atoms with E-state index < -0.39 is 0 Å². The first-order valence-electron chi connectivity index (χ1n) is 7.66. The monoisotopic (exact) mass is 396 g/mol. The minimum absolute atomic E-state index is 0.581. The van der Waals surface area contributed by atoms with E-state index in [-0.39, 0.29) is 0 Å². The molecule has 0 aliphatic rings. The predicted octanol–water partition coefficient (Wildman–Crippen LogP) is 5.85. The molecule has 3 aromatic carbocycles. The van der Waals surface area contributed by atoms with Crippen LogP contribution in [0.1, 0.15) is 11.1 Å². The number of thiocarbonyl (C=S) groups is 1. The number of halogens is 1. The molecule has 0 fully saturated rings. The van der Waals surface area contributed by atoms with Crippen LogP contribution < -0.4 is 10.6 Å². The highest BCUT2D eigenvalue weighted by Gasteiger charge is 2.05. The number of hydrogen-bond acceptors (Lipinski definition) is 1. The van der Waals surface area contributed by atoms with Gasteiger partial charge in [0.2, 0.25) is 0 Å². The maximum absolute atomic E-state index is 5.44. The minimum Gasteiger partial charge on any atom is -0.332 e. The topological polar surface area (TPSA) is 24.1 Å². The van der Waals surface area contributed by atoms with E-state index in [1.54, 1.807) is 0 Å². The fourth-order valence-corrected chi connectivity index (χ4v) is 2.92. The highest BCUT2D eigenvalue weighted by molar-refractivity contribution is 9.10. The molecule has 120 valence electrons. The van der Waals surface area contributed by atoms with Gasteiger partial charge in [0, 0.05) is 15.8 Å². The van der Waals surface area contributed by atoms with Crippen molar-refractivity contribution in [1.29, 1.82) is 0 Å². The summed E-state index contributed by atoms with van der Waals surface area (Å²) in [5.41, 5.74) is 4.47. The van der Waals surface area contributed by atoms with E-state index in [1.165, 1.54) is 11.1 Å². The maximum atomic E-state index is 5.44. The van der Waals surface area contributed by atoms with Crippen LogP contribution in [-0.2, 0) is 6.42 Å². The standard InChI is InChI=1S/C20H17BrN2S/c21-17-10-12-18(13-11-17)22-20(24)23-19-9-5-4-8-16(19)14-15-6-2-1-3-7-15/h1-13H,14H2,(H2,22,23,24). The highest BCUT2D eigenvalue weighted by atomic mass is 79.9. The predicted molar refractivity (Wildman–Crippen MR) is 110 cm³/mol. The molecule has 3 aromatic rings. The van der Waals surface area contributed by atoms with E-state index in [0.717, 1.165) is 22.3 Å². The van der Waals surface area contributed by atoms with Gasteiger partial charge in [-0.15, -0.1) is 0 Å². The van der Waals surface area contributed by atoms with Crippen molar-refractivity contribution in [3.05, 3.63) is 94.5 Å². The summed E-state index contributed by atoms with van der Waals surface area (Å²) in [6, 6.07) is 26.6. The van der Waals surface area contributed by atoms with Crippen molar-refractivity contribution in [2.24, 2.45) is 0 Å². The molecule has 0 aliphatic carbocycles. The lowest BCUT2D eigenvalue weighted by atomic mass is 10.0. The summed E-state index contributed by atoms with van der Waals surface area (Å²) >= 11 is 8.87. The van der Waals surface area contributed by atoms with Gasteiger partial charge in [-0.2, -0.15) is 0 Å². The number of rotatable bonds is 4. The van der Waals surface area contributed by atoms with E-state index in [0.29, 0.717) is 5.11 Å². The van der Waals surface area contributed by atoms with Crippen molar-refractivity contribution in [2.45, 2.75) is 6.42 Å². The van der Waals surface area contributed by atoms with Gasteiger partial charge in [-0.05, 0) is 60.1 Å². The Morgan fingerprint density at radius 3 is 2.21 bits per heavy atom. The van der Waals surface area contributed by atoms with Crippen LogP contribution in [0.25, 0.3) is 0 Å². The average molecular weight is 397 g/mol. The van der Waals surface area contributed by atoms with Gasteiger partial charge in [-0.3, -0.25) is 0 Å². The molecule has 0 radical (unpaired) electrons. The number of nitrogens with one attached hydrogen (secondary N) is 2. The molecule has 0 atom stereocenters. The van der Waals surface area contributed by atoms with Gasteiger partial charge in [0.15, 0.2) is 5.11 Å². The van der Waals surface area contributed by atoms with Crippen molar-refractivity contribution >= 4 is 44.6 Å². The van der Waals surface area contributed by atoms with Crippen molar-refractivity contribution in [3.8, 4) is 0 Å². The molecular weight excluding hydrogens is 380 g/mol. The van der Waals surface area contributed by atoms with E-state index in [4.69, 9.17) is 12.2 Å². The molecular formula is C20H17BrN2S. The first-order valence-corrected chi connectivity index (χ1v) is 8.86. The molecule has 0 aliphatic heterocycles. The first kappa shape index (κ1) is 16.7. The molecule has 0 heterocycles. The number of benzene rings is 3. The summed E-state index contributed by atoms with van der Waals surface area (Å²) in [5.74, 6) is 0. The molecule has 0 amide bonds. The second-order valence-corrected chi connectivity index (χ2v) is 6.73. The van der Waals surface area contributed by atoms with Crippen molar-refractivity contribution in [3.63, 3.8) is 0 Å². The van der Waals surface area contributed by atoms with Crippen LogP contribution in [0, 0.1) is 0 Å². The first-order chi connectivity index (χ1) is 11.7. The minimum atomic E-state index is 0.581. The SMILES string of the molecule is S=C(Nc1ccc(Br)cc1)Nc1ccccc1Cc1ccccc1. The van der Waals surface area contributed by atoms with Gasteiger partial charge in [-0.25, -0.2) is 0 Å². The summed E-state index contributed by atoms with van der Waals surface area (Å²) in [7, 11) is 0. The van der Waals surface area contributed by atoms with Gasteiger partial charge in [0.05, 0.1) is 0 Å². The summed E-state index contributed by atoms with van der Waals surface area (Å²) in [6.07, 6.45) is 0.866. The van der Waals surface area contributed by atoms with E-state index in [9.17, 15) is 0 Å². The third-order valence-corrected chi connectivity index (χ3v) is 4.34. The second kappa shape index (κ2) is 8.08. The Balaban J connectivity index is 1.70. The molecule has 2 N–H and O–H groups in total. The molecule has 2 nitrogen and oxygen atoms in total. The van der Waals surface area contributed by atoms with Crippen LogP contribution in [0.15, 0.2) is 83.3 Å². The third kappa shape index (κ3) is 4.66. The summed E-state index contributed by atoms with van der Waals surface area (Å²) in [5, 5.41) is 7.09. The summed E-state index contributed by atoms with van der Waals surface area (Å²) in [6.45, 7) is 0. The van der Waals surface area contributed by atoms with Crippen LogP contribution in [0.2, 0.25) is 0 Å². The van der Waals surface area contributed by atoms with Gasteiger partial charge >= 0.3 is 0 Å². The van der Waals surface area contributed by atoms with E-state index >= 15 is 0 Å². The Labute approximate surface area is 156 Å². The maximum Gasteiger partial charge on any atom is 0.175 e. The molecule has 0 spiro atoms. The Kier molecular flexibility index (Phi) is 5.62. The highest BCUT2D eigenvalue weighted by Crippen LogP contribution is 2.20. The second-order valence-electron chi connectivity index (χ2n) is 5.41. The fourth-order valence-electron chi connectivity index (χ4n) is 2.43. The van der Waals surface area contributed by atoms with Crippen LogP contribution in [0.4, 0.5) is 11.4 Å². The normalized spacial score (nSPS) is 10.2. The third-order valence-electron chi connectivity index (χ3n) is 3.61. The van der Waals surface area contributed by atoms with Crippen molar-refractivity contribution in [1.82, 2.24) is 0 Å². The molecule has 0 saturated heterocycles. The lowest BCUT2D eigenvalue weighted by Crippen LogP contribution is -2.19. The molecule has 24 heavy (non-hydrogen) atoms. The molecule has 0 unspecified atom stereocenters. The van der Waals surface area contributed by atoms with Crippen LogP contribution >= 0.6 is 28.1 Å². The summed E-state index contributed by atoms with van der Waals surface area (Å²) < 4.78 is 1.04. The summed E-state index contributed by atoms with van der Waals surface area (Å²) in [4.78, 5) is 0. The molecule has 4 heteroatoms. The Hall–Kier alpha value is -2.17. The van der Waals surface area contributed by atoms with Gasteiger partial charge in [-0.1, -0.05) is 64.5 Å². The lowest BCUT2D eigenvalue weighted by Gasteiger charge is -2.14. The zero-order valence-electron chi connectivity index (χ0n) is 13.0. The van der Waals surface area contributed by atoms with Crippen molar-refractivity contribution < 1.29 is 0 Å². The zero-order chi connectivity index (χ0) is 16.8. The number of para-hydroxylation sites is 1. The van der Waals surface area contributed by atoms with Crippen molar-refractivity contribution in [2.75, 3.05) is 10.6 Å². The van der Waals surface area contributed by atoms with Gasteiger partial charge < -0.3 is 10.6 Å². The molecule has 0 bridgehead atoms. The Bertz CT molecular complexity index is 817. The van der Waals surface area contributed by atoms with Crippen LogP contribution in [0.5, 0.6) is 0 Å². The van der Waals surface area contributed by atoms with Gasteiger partial charge in [0.1, 0.15) is 0 Å².